The van der Waals surface area contributed by atoms with Crippen LogP contribution in [0.1, 0.15) is 50.0 Å². The van der Waals surface area contributed by atoms with Crippen LogP contribution in [0.5, 0.6) is 5.75 Å². The van der Waals surface area contributed by atoms with Crippen LogP contribution in [-0.2, 0) is 16.1 Å². The van der Waals surface area contributed by atoms with E-state index in [0.717, 1.165) is 41.6 Å². The van der Waals surface area contributed by atoms with Crippen LogP contribution in [0.4, 0.5) is 0 Å². The van der Waals surface area contributed by atoms with Gasteiger partial charge in [-0.2, -0.15) is 0 Å². The molecule has 5 rings (SSSR count). The highest BCUT2D eigenvalue weighted by atomic mass is 17.2. The van der Waals surface area contributed by atoms with Crippen molar-refractivity contribution in [3.63, 3.8) is 0 Å². The Morgan fingerprint density at radius 1 is 1.00 bits per heavy atom. The molecule has 0 aliphatic heterocycles. The van der Waals surface area contributed by atoms with Crippen molar-refractivity contribution in [2.45, 2.75) is 50.5 Å². The standard InChI is InChI=1S/C30H29NO5/c1-21(32)35-36-25-16-10-11-22(19-25)20-30(33)18-9-8-17-26(30)29-31-27(23-12-4-2-5-13-23)28(34-29)24-14-6-3-7-15-24/h2-7,10-16,19,26,33H,8-9,17-18,20H2,1H3/t26-,30-/m1/s1. The first-order chi connectivity index (χ1) is 17.5. The Balaban J connectivity index is 1.49. The predicted molar refractivity (Wildman–Crippen MR) is 136 cm³/mol. The molecule has 1 saturated carbocycles. The fraction of sp³-hybridized carbons (Fsp3) is 0.267. The molecule has 1 fully saturated rings. The SMILES string of the molecule is CC(=O)OOc1cccc(C[C@]2(O)CCCC[C@@H]2c2nc(-c3ccccc3)c(-c3ccccc3)o2)c1. The number of rotatable bonds is 7. The summed E-state index contributed by atoms with van der Waals surface area (Å²) < 4.78 is 6.46. The molecule has 1 aromatic heterocycles. The molecule has 6 heteroatoms. The molecule has 0 radical (unpaired) electrons. The maximum Gasteiger partial charge on any atom is 0.352 e. The number of hydrogen-bond acceptors (Lipinski definition) is 6. The number of carbonyl (C=O) groups excluding carboxylic acids is 1. The minimum atomic E-state index is -1.04. The Kier molecular flexibility index (Phi) is 6.87. The van der Waals surface area contributed by atoms with Crippen LogP contribution in [0.15, 0.2) is 89.3 Å². The number of carbonyl (C=O) groups is 1. The van der Waals surface area contributed by atoms with Crippen molar-refractivity contribution in [1.29, 1.82) is 0 Å². The van der Waals surface area contributed by atoms with Crippen LogP contribution in [-0.4, -0.2) is 21.7 Å². The lowest BCUT2D eigenvalue weighted by atomic mass is 9.72. The molecular weight excluding hydrogens is 454 g/mol. The predicted octanol–water partition coefficient (Wildman–Crippen LogP) is 6.50. The summed E-state index contributed by atoms with van der Waals surface area (Å²) in [6.07, 6.45) is 3.74. The molecule has 1 heterocycles. The molecule has 1 N–H and O–H groups in total. The smallest absolute Gasteiger partial charge is 0.352 e. The number of benzene rings is 3. The number of aliphatic hydroxyl groups is 1. The quantitative estimate of drug-likeness (QED) is 0.239. The van der Waals surface area contributed by atoms with E-state index >= 15 is 0 Å². The van der Waals surface area contributed by atoms with E-state index in [2.05, 4.69) is 4.89 Å². The zero-order chi connectivity index (χ0) is 25.0. The fourth-order valence-corrected chi connectivity index (χ4v) is 5.02. The molecule has 3 aromatic carbocycles. The van der Waals surface area contributed by atoms with Crippen LogP contribution < -0.4 is 4.89 Å². The lowest BCUT2D eigenvalue weighted by molar-refractivity contribution is -0.210. The lowest BCUT2D eigenvalue weighted by Crippen LogP contribution is -2.41. The van der Waals surface area contributed by atoms with E-state index in [4.69, 9.17) is 14.3 Å². The Labute approximate surface area is 210 Å². The molecule has 0 unspecified atom stereocenters. The third-order valence-corrected chi connectivity index (χ3v) is 6.69. The first kappa shape index (κ1) is 23.8. The van der Waals surface area contributed by atoms with E-state index in [-0.39, 0.29) is 5.92 Å². The highest BCUT2D eigenvalue weighted by Crippen LogP contribution is 2.45. The molecule has 4 aromatic rings. The molecule has 0 bridgehead atoms. The molecule has 0 amide bonds. The largest absolute Gasteiger partial charge is 0.440 e. The fourth-order valence-electron chi connectivity index (χ4n) is 5.02. The Morgan fingerprint density at radius 2 is 1.72 bits per heavy atom. The van der Waals surface area contributed by atoms with Gasteiger partial charge in [0.05, 0.1) is 11.5 Å². The number of hydrogen-bond donors (Lipinski definition) is 1. The van der Waals surface area contributed by atoms with Crippen molar-refractivity contribution in [3.05, 3.63) is 96.4 Å². The molecule has 1 aliphatic carbocycles. The second kappa shape index (κ2) is 10.4. The van der Waals surface area contributed by atoms with Gasteiger partial charge in [-0.3, -0.25) is 9.78 Å². The maximum absolute atomic E-state index is 12.0. The second-order valence-corrected chi connectivity index (χ2v) is 9.35. The van der Waals surface area contributed by atoms with Gasteiger partial charge in [0, 0.05) is 24.5 Å². The van der Waals surface area contributed by atoms with Gasteiger partial charge in [0.2, 0.25) is 5.89 Å². The summed E-state index contributed by atoms with van der Waals surface area (Å²) in [5.74, 6) is 0.888. The Bertz CT molecular complexity index is 1260. The van der Waals surface area contributed by atoms with Crippen LogP contribution in [0.3, 0.4) is 0 Å². The Morgan fingerprint density at radius 3 is 2.44 bits per heavy atom. The van der Waals surface area contributed by atoms with E-state index in [1.807, 2.05) is 72.8 Å². The van der Waals surface area contributed by atoms with Gasteiger partial charge in [0.15, 0.2) is 11.5 Å². The van der Waals surface area contributed by atoms with Crippen molar-refractivity contribution in [2.75, 3.05) is 0 Å². The zero-order valence-corrected chi connectivity index (χ0v) is 20.2. The topological polar surface area (TPSA) is 81.8 Å². The van der Waals surface area contributed by atoms with Crippen LogP contribution >= 0.6 is 0 Å². The first-order valence-corrected chi connectivity index (χ1v) is 12.3. The van der Waals surface area contributed by atoms with Gasteiger partial charge in [-0.1, -0.05) is 85.6 Å². The Hall–Kier alpha value is -3.90. The molecule has 0 saturated heterocycles. The van der Waals surface area contributed by atoms with E-state index in [1.54, 1.807) is 12.1 Å². The lowest BCUT2D eigenvalue weighted by Gasteiger charge is -2.38. The van der Waals surface area contributed by atoms with E-state index in [0.29, 0.717) is 30.2 Å². The van der Waals surface area contributed by atoms with E-state index in [9.17, 15) is 9.90 Å². The first-order valence-electron chi connectivity index (χ1n) is 12.3. The minimum Gasteiger partial charge on any atom is -0.440 e. The third kappa shape index (κ3) is 5.19. The summed E-state index contributed by atoms with van der Waals surface area (Å²) in [6.45, 7) is 1.28. The van der Waals surface area contributed by atoms with E-state index in [1.165, 1.54) is 6.92 Å². The third-order valence-electron chi connectivity index (χ3n) is 6.69. The minimum absolute atomic E-state index is 0.260. The number of nitrogens with zero attached hydrogens (tertiary/aromatic N) is 1. The number of oxazole rings is 1. The molecular formula is C30H29NO5. The van der Waals surface area contributed by atoms with Crippen molar-refractivity contribution in [2.24, 2.45) is 0 Å². The molecule has 0 spiro atoms. The number of aromatic nitrogens is 1. The second-order valence-electron chi connectivity index (χ2n) is 9.35. The average molecular weight is 484 g/mol. The summed E-state index contributed by atoms with van der Waals surface area (Å²) >= 11 is 0. The monoisotopic (exact) mass is 483 g/mol. The van der Waals surface area contributed by atoms with Crippen LogP contribution in [0.2, 0.25) is 0 Å². The molecule has 6 nitrogen and oxygen atoms in total. The van der Waals surface area contributed by atoms with Crippen molar-refractivity contribution in [3.8, 4) is 28.3 Å². The highest BCUT2D eigenvalue weighted by molar-refractivity contribution is 5.76. The van der Waals surface area contributed by atoms with Crippen molar-refractivity contribution in [1.82, 2.24) is 4.98 Å². The van der Waals surface area contributed by atoms with Crippen molar-refractivity contribution >= 4 is 5.97 Å². The van der Waals surface area contributed by atoms with Gasteiger partial charge in [-0.25, -0.2) is 9.78 Å². The van der Waals surface area contributed by atoms with Gasteiger partial charge >= 0.3 is 5.97 Å². The zero-order valence-electron chi connectivity index (χ0n) is 20.2. The van der Waals surface area contributed by atoms with Gasteiger partial charge in [0.1, 0.15) is 5.69 Å². The van der Waals surface area contributed by atoms with E-state index < -0.39 is 11.6 Å². The summed E-state index contributed by atoms with van der Waals surface area (Å²) in [5, 5.41) is 12.0. The summed E-state index contributed by atoms with van der Waals surface area (Å²) in [7, 11) is 0. The van der Waals surface area contributed by atoms with Crippen LogP contribution in [0, 0.1) is 0 Å². The van der Waals surface area contributed by atoms with Gasteiger partial charge in [0.25, 0.3) is 0 Å². The molecule has 36 heavy (non-hydrogen) atoms. The average Bonchev–Trinajstić information content (AvgIpc) is 3.34. The maximum atomic E-state index is 12.0. The van der Waals surface area contributed by atoms with Gasteiger partial charge in [-0.15, -0.1) is 0 Å². The molecule has 2 atom stereocenters. The highest BCUT2D eigenvalue weighted by Gasteiger charge is 2.43. The summed E-state index contributed by atoms with van der Waals surface area (Å²) in [4.78, 5) is 25.8. The van der Waals surface area contributed by atoms with Gasteiger partial charge < -0.3 is 9.52 Å². The van der Waals surface area contributed by atoms with Crippen LogP contribution in [0.25, 0.3) is 22.6 Å². The molecule has 1 aliphatic rings. The normalized spacial score (nSPS) is 19.6. The summed E-state index contributed by atoms with van der Waals surface area (Å²) in [5.41, 5.74) is 2.55. The molecule has 184 valence electrons. The summed E-state index contributed by atoms with van der Waals surface area (Å²) in [6, 6.07) is 27.2. The van der Waals surface area contributed by atoms with Crippen molar-refractivity contribution < 1.29 is 24.1 Å². The van der Waals surface area contributed by atoms with Gasteiger partial charge in [-0.05, 0) is 30.5 Å².